The Morgan fingerprint density at radius 2 is 1.60 bits per heavy atom. The second-order valence-electron chi connectivity index (χ2n) is 10.4. The number of likely N-dealkylation sites (tertiary alicyclic amines) is 1. The molecule has 1 aromatic heterocycles. The molecule has 5 rings (SSSR count). The summed E-state index contributed by atoms with van der Waals surface area (Å²) in [5.41, 5.74) is 1.91. The van der Waals surface area contributed by atoms with Gasteiger partial charge in [-0.3, -0.25) is 4.79 Å². The first kappa shape index (κ1) is 25.8. The minimum Gasteiger partial charge on any atom is -1.00 e. The molecule has 4 nitrogen and oxygen atoms in total. The lowest BCUT2D eigenvalue weighted by molar-refractivity contribution is -0.906. The molecule has 1 N–H and O–H groups in total. The fourth-order valence-electron chi connectivity index (χ4n) is 6.07. The lowest BCUT2D eigenvalue weighted by atomic mass is 9.86. The molecule has 1 saturated carbocycles. The number of piperidine rings is 1. The summed E-state index contributed by atoms with van der Waals surface area (Å²) in [7, 11) is 0. The Balaban J connectivity index is 0.00000289. The number of nitrogens with zero attached hydrogens (tertiary/aromatic N) is 2. The maximum absolute atomic E-state index is 13.4. The third-order valence-electron chi connectivity index (χ3n) is 8.07. The van der Waals surface area contributed by atoms with Crippen molar-refractivity contribution in [3.8, 4) is 0 Å². The Morgan fingerprint density at radius 1 is 0.914 bits per heavy atom. The molecular formula is C29H37ClFN3O. The minimum atomic E-state index is -0.237. The second-order valence-corrected chi connectivity index (χ2v) is 10.4. The highest BCUT2D eigenvalue weighted by molar-refractivity contribution is 5.83. The van der Waals surface area contributed by atoms with E-state index in [2.05, 4.69) is 0 Å². The molecule has 0 unspecified atom stereocenters. The SMILES string of the molecule is O=c1c2ccccc2c(Cc2ccc(F)cc2)nn1C1CC[NH+](CCCC2CCCCC2)CC1.[Cl-]. The molecule has 0 atom stereocenters. The molecule has 1 aliphatic heterocycles. The average molecular weight is 498 g/mol. The number of halogens is 2. The molecule has 0 bridgehead atoms. The Bertz CT molecular complexity index is 1150. The van der Waals surface area contributed by atoms with E-state index in [1.54, 1.807) is 21.7 Å². The number of aromatic nitrogens is 2. The van der Waals surface area contributed by atoms with Crippen LogP contribution in [-0.2, 0) is 6.42 Å². The molecule has 2 aliphatic rings. The number of hydrogen-bond acceptors (Lipinski definition) is 2. The van der Waals surface area contributed by atoms with Gasteiger partial charge in [-0.2, -0.15) is 5.10 Å². The summed E-state index contributed by atoms with van der Waals surface area (Å²) in [5.74, 6) is 0.727. The first-order valence-electron chi connectivity index (χ1n) is 13.3. The quantitative estimate of drug-likeness (QED) is 0.540. The zero-order valence-corrected chi connectivity index (χ0v) is 21.3. The summed E-state index contributed by atoms with van der Waals surface area (Å²) in [6.07, 6.45) is 12.5. The van der Waals surface area contributed by atoms with Crippen LogP contribution < -0.4 is 22.9 Å². The third kappa shape index (κ3) is 6.31. The fraction of sp³-hybridized carbons (Fsp3) is 0.517. The van der Waals surface area contributed by atoms with Gasteiger partial charge in [-0.25, -0.2) is 9.07 Å². The van der Waals surface area contributed by atoms with Crippen molar-refractivity contribution in [2.45, 2.75) is 70.3 Å². The zero-order chi connectivity index (χ0) is 23.3. The molecular weight excluding hydrogens is 461 g/mol. The monoisotopic (exact) mass is 497 g/mol. The maximum atomic E-state index is 13.4. The molecule has 2 fully saturated rings. The standard InChI is InChI=1S/C29H36FN3O.ClH/c30-24-14-12-23(13-15-24)21-28-26-10-4-5-11-27(26)29(34)33(31-28)25-16-19-32(20-17-25)18-6-9-22-7-2-1-3-8-22;/h4-5,10-15,22,25H,1-3,6-9,16-21H2;1H. The van der Waals surface area contributed by atoms with Gasteiger partial charge >= 0.3 is 0 Å². The van der Waals surface area contributed by atoms with Gasteiger partial charge < -0.3 is 17.3 Å². The van der Waals surface area contributed by atoms with Crippen molar-refractivity contribution in [2.24, 2.45) is 5.92 Å². The van der Waals surface area contributed by atoms with Gasteiger partial charge in [0.1, 0.15) is 5.82 Å². The molecule has 35 heavy (non-hydrogen) atoms. The first-order valence-corrected chi connectivity index (χ1v) is 13.3. The Morgan fingerprint density at radius 3 is 2.31 bits per heavy atom. The summed E-state index contributed by atoms with van der Waals surface area (Å²) in [6, 6.07) is 14.5. The van der Waals surface area contributed by atoms with Crippen LogP contribution in [0.25, 0.3) is 10.8 Å². The van der Waals surface area contributed by atoms with Crippen LogP contribution in [0.15, 0.2) is 53.3 Å². The predicted octanol–water partition coefficient (Wildman–Crippen LogP) is 1.71. The first-order chi connectivity index (χ1) is 16.7. The van der Waals surface area contributed by atoms with E-state index in [0.717, 1.165) is 53.9 Å². The third-order valence-corrected chi connectivity index (χ3v) is 8.07. The van der Waals surface area contributed by atoms with E-state index < -0.39 is 0 Å². The number of hydrogen-bond donors (Lipinski definition) is 1. The van der Waals surface area contributed by atoms with Crippen LogP contribution >= 0.6 is 0 Å². The van der Waals surface area contributed by atoms with E-state index >= 15 is 0 Å². The van der Waals surface area contributed by atoms with Crippen LogP contribution in [0.3, 0.4) is 0 Å². The van der Waals surface area contributed by atoms with Crippen LogP contribution in [0.4, 0.5) is 4.39 Å². The van der Waals surface area contributed by atoms with Crippen LogP contribution in [0.1, 0.15) is 75.1 Å². The molecule has 0 radical (unpaired) electrons. The molecule has 188 valence electrons. The highest BCUT2D eigenvalue weighted by Gasteiger charge is 2.26. The summed E-state index contributed by atoms with van der Waals surface area (Å²) < 4.78 is 15.1. The fourth-order valence-corrected chi connectivity index (χ4v) is 6.07. The van der Waals surface area contributed by atoms with Crippen molar-refractivity contribution in [3.05, 3.63) is 76.0 Å². The lowest BCUT2D eigenvalue weighted by Gasteiger charge is -2.30. The highest BCUT2D eigenvalue weighted by atomic mass is 35.5. The van der Waals surface area contributed by atoms with Crippen LogP contribution in [0, 0.1) is 11.7 Å². The summed E-state index contributed by atoms with van der Waals surface area (Å²) in [6.45, 7) is 3.49. The largest absolute Gasteiger partial charge is 1.00 e. The molecule has 0 spiro atoms. The summed E-state index contributed by atoms with van der Waals surface area (Å²) >= 11 is 0. The zero-order valence-electron chi connectivity index (χ0n) is 20.5. The number of benzene rings is 2. The molecule has 3 aromatic rings. The van der Waals surface area contributed by atoms with Gasteiger partial charge in [0.25, 0.3) is 5.56 Å². The van der Waals surface area contributed by atoms with Gasteiger partial charge in [0.05, 0.1) is 36.8 Å². The number of rotatable bonds is 7. The summed E-state index contributed by atoms with van der Waals surface area (Å²) in [4.78, 5) is 15.0. The average Bonchev–Trinajstić information content (AvgIpc) is 2.88. The van der Waals surface area contributed by atoms with Crippen molar-refractivity contribution in [1.29, 1.82) is 0 Å². The lowest BCUT2D eigenvalue weighted by Crippen LogP contribution is -3.13. The summed E-state index contributed by atoms with van der Waals surface area (Å²) in [5, 5.41) is 6.53. The molecule has 2 heterocycles. The topological polar surface area (TPSA) is 39.3 Å². The van der Waals surface area contributed by atoms with E-state index in [4.69, 9.17) is 5.10 Å². The Kier molecular flexibility index (Phi) is 8.96. The van der Waals surface area contributed by atoms with Gasteiger partial charge in [-0.05, 0) is 42.5 Å². The second kappa shape index (κ2) is 12.1. The smallest absolute Gasteiger partial charge is 0.274 e. The molecule has 1 aliphatic carbocycles. The minimum absolute atomic E-state index is 0. The number of nitrogens with one attached hydrogen (secondary N) is 1. The van der Waals surface area contributed by atoms with Crippen LogP contribution in [-0.4, -0.2) is 29.4 Å². The normalized spacial score (nSPS) is 21.1. The Labute approximate surface area is 213 Å². The van der Waals surface area contributed by atoms with Crippen molar-refractivity contribution < 1.29 is 21.7 Å². The Hall–Kier alpha value is -2.24. The molecule has 0 amide bonds. The molecule has 2 aromatic carbocycles. The predicted molar refractivity (Wildman–Crippen MR) is 135 cm³/mol. The number of quaternary nitrogens is 1. The van der Waals surface area contributed by atoms with Gasteiger partial charge in [-0.15, -0.1) is 0 Å². The van der Waals surface area contributed by atoms with Crippen LogP contribution in [0.2, 0.25) is 0 Å². The van der Waals surface area contributed by atoms with Gasteiger partial charge in [-0.1, -0.05) is 62.4 Å². The van der Waals surface area contributed by atoms with Gasteiger partial charge in [0, 0.05) is 24.6 Å². The molecule has 6 heteroatoms. The van der Waals surface area contributed by atoms with Gasteiger partial charge in [0.2, 0.25) is 0 Å². The van der Waals surface area contributed by atoms with Gasteiger partial charge in [0.15, 0.2) is 0 Å². The van der Waals surface area contributed by atoms with Crippen molar-refractivity contribution in [1.82, 2.24) is 9.78 Å². The van der Waals surface area contributed by atoms with E-state index in [1.165, 1.54) is 63.6 Å². The number of fused-ring (bicyclic) bond motifs is 1. The van der Waals surface area contributed by atoms with Crippen molar-refractivity contribution in [2.75, 3.05) is 19.6 Å². The van der Waals surface area contributed by atoms with Crippen LogP contribution in [0.5, 0.6) is 0 Å². The van der Waals surface area contributed by atoms with E-state index in [0.29, 0.717) is 6.42 Å². The molecule has 1 saturated heterocycles. The maximum Gasteiger partial charge on any atom is 0.274 e. The highest BCUT2D eigenvalue weighted by Crippen LogP contribution is 2.27. The van der Waals surface area contributed by atoms with Crippen molar-refractivity contribution >= 4 is 10.8 Å². The van der Waals surface area contributed by atoms with E-state index in [9.17, 15) is 9.18 Å². The van der Waals surface area contributed by atoms with E-state index in [1.807, 2.05) is 24.3 Å². The van der Waals surface area contributed by atoms with E-state index in [-0.39, 0.29) is 29.8 Å². The van der Waals surface area contributed by atoms with Crippen molar-refractivity contribution in [3.63, 3.8) is 0 Å².